The van der Waals surface area contributed by atoms with E-state index in [9.17, 15) is 0 Å². The van der Waals surface area contributed by atoms with E-state index in [1.54, 1.807) is 14.2 Å². The summed E-state index contributed by atoms with van der Waals surface area (Å²) in [6.07, 6.45) is 3.41. The monoisotopic (exact) mass is 342 g/mol. The molecule has 2 aromatic rings. The van der Waals surface area contributed by atoms with E-state index in [0.717, 1.165) is 18.5 Å². The Hall–Kier alpha value is -2.27. The van der Waals surface area contributed by atoms with Gasteiger partial charge in [-0.15, -0.1) is 0 Å². The molecule has 3 rings (SSSR count). The van der Waals surface area contributed by atoms with Gasteiger partial charge in [-0.25, -0.2) is 0 Å². The summed E-state index contributed by atoms with van der Waals surface area (Å²) < 4.78 is 10.6. The average Bonchev–Trinajstić information content (AvgIpc) is 2.62. The van der Waals surface area contributed by atoms with Crippen molar-refractivity contribution in [3.63, 3.8) is 0 Å². The molecule has 0 amide bonds. The van der Waals surface area contributed by atoms with Crippen molar-refractivity contribution in [3.05, 3.63) is 53.6 Å². The van der Waals surface area contributed by atoms with Gasteiger partial charge in [-0.3, -0.25) is 0 Å². The summed E-state index contributed by atoms with van der Waals surface area (Å²) in [5.74, 6) is 1.37. The van der Waals surface area contributed by atoms with E-state index in [1.165, 1.54) is 17.5 Å². The third-order valence-electron chi connectivity index (χ3n) is 4.32. The Bertz CT molecular complexity index is 733. The molecule has 4 nitrogen and oxygen atoms in total. The highest BCUT2D eigenvalue weighted by Crippen LogP contribution is 2.31. The van der Waals surface area contributed by atoms with Gasteiger partial charge in [-0.05, 0) is 54.7 Å². The zero-order valence-corrected chi connectivity index (χ0v) is 14.8. The molecule has 0 saturated heterocycles. The van der Waals surface area contributed by atoms with Gasteiger partial charge in [0.15, 0.2) is 16.6 Å². The number of rotatable bonds is 4. The van der Waals surface area contributed by atoms with E-state index in [-0.39, 0.29) is 6.04 Å². The molecule has 0 unspecified atom stereocenters. The molecule has 24 heavy (non-hydrogen) atoms. The Morgan fingerprint density at radius 3 is 2.67 bits per heavy atom. The maximum absolute atomic E-state index is 5.49. The van der Waals surface area contributed by atoms with E-state index in [4.69, 9.17) is 21.7 Å². The minimum Gasteiger partial charge on any atom is -0.493 e. The fourth-order valence-corrected chi connectivity index (χ4v) is 3.40. The molecule has 0 aliphatic heterocycles. The van der Waals surface area contributed by atoms with Crippen LogP contribution in [0.5, 0.6) is 11.5 Å². The minimum absolute atomic E-state index is 0.259. The highest BCUT2D eigenvalue weighted by atomic mass is 32.1. The summed E-state index contributed by atoms with van der Waals surface area (Å²) in [6.45, 7) is 0. The van der Waals surface area contributed by atoms with Gasteiger partial charge in [0.2, 0.25) is 0 Å². The van der Waals surface area contributed by atoms with E-state index >= 15 is 0 Å². The summed E-state index contributed by atoms with van der Waals surface area (Å²) in [7, 11) is 3.24. The lowest BCUT2D eigenvalue weighted by Gasteiger charge is -2.27. The first-order valence-electron chi connectivity index (χ1n) is 8.08. The number of hydrogen-bond donors (Lipinski definition) is 2. The van der Waals surface area contributed by atoms with Crippen LogP contribution < -0.4 is 20.1 Å². The molecular weight excluding hydrogens is 320 g/mol. The lowest BCUT2D eigenvalue weighted by Crippen LogP contribution is -2.34. The Kier molecular flexibility index (Phi) is 5.20. The number of methoxy groups -OCH3 is 2. The molecule has 0 radical (unpaired) electrons. The van der Waals surface area contributed by atoms with Crippen LogP contribution in [0.2, 0.25) is 0 Å². The van der Waals surface area contributed by atoms with Crippen LogP contribution in [0.1, 0.15) is 30.0 Å². The van der Waals surface area contributed by atoms with Crippen LogP contribution in [0.15, 0.2) is 42.5 Å². The Balaban J connectivity index is 1.69. The number of hydrogen-bond acceptors (Lipinski definition) is 3. The third-order valence-corrected chi connectivity index (χ3v) is 4.54. The summed E-state index contributed by atoms with van der Waals surface area (Å²) in [5, 5.41) is 7.28. The molecule has 0 spiro atoms. The minimum atomic E-state index is 0.259. The maximum Gasteiger partial charge on any atom is 0.171 e. The van der Waals surface area contributed by atoms with Crippen molar-refractivity contribution in [2.24, 2.45) is 0 Å². The summed E-state index contributed by atoms with van der Waals surface area (Å²) in [5.41, 5.74) is 3.63. The molecule has 0 aromatic heterocycles. The SMILES string of the molecule is COc1ccc(NC(=S)N[C@@H]2CCCc3ccccc32)cc1OC. The molecule has 2 aromatic carbocycles. The third kappa shape index (κ3) is 3.62. The van der Waals surface area contributed by atoms with Crippen molar-refractivity contribution in [1.82, 2.24) is 5.32 Å². The molecule has 1 aliphatic carbocycles. The van der Waals surface area contributed by atoms with Crippen molar-refractivity contribution in [2.45, 2.75) is 25.3 Å². The Morgan fingerprint density at radius 1 is 1.08 bits per heavy atom. The number of nitrogens with one attached hydrogen (secondary N) is 2. The van der Waals surface area contributed by atoms with Gasteiger partial charge >= 0.3 is 0 Å². The summed E-state index contributed by atoms with van der Waals surface area (Å²) in [6, 6.07) is 14.5. The average molecular weight is 342 g/mol. The van der Waals surface area contributed by atoms with Crippen molar-refractivity contribution >= 4 is 23.0 Å². The lowest BCUT2D eigenvalue weighted by atomic mass is 9.88. The summed E-state index contributed by atoms with van der Waals surface area (Å²) >= 11 is 5.49. The molecule has 1 atom stereocenters. The quantitative estimate of drug-likeness (QED) is 0.820. The first kappa shape index (κ1) is 16.6. The topological polar surface area (TPSA) is 42.5 Å². The van der Waals surface area contributed by atoms with Gasteiger partial charge in [0, 0.05) is 11.8 Å². The van der Waals surface area contributed by atoms with Crippen molar-refractivity contribution in [3.8, 4) is 11.5 Å². The fourth-order valence-electron chi connectivity index (χ4n) is 3.14. The number of benzene rings is 2. The molecule has 1 aliphatic rings. The molecule has 5 heteroatoms. The van der Waals surface area contributed by atoms with Crippen LogP contribution in [-0.4, -0.2) is 19.3 Å². The predicted octanol–water partition coefficient (Wildman–Crippen LogP) is 4.07. The van der Waals surface area contributed by atoms with Crippen molar-refractivity contribution in [2.75, 3.05) is 19.5 Å². The predicted molar refractivity (Wildman–Crippen MR) is 101 cm³/mol. The number of aryl methyl sites for hydroxylation is 1. The van der Waals surface area contributed by atoms with Crippen molar-refractivity contribution < 1.29 is 9.47 Å². The Morgan fingerprint density at radius 2 is 1.88 bits per heavy atom. The second-order valence-electron chi connectivity index (χ2n) is 5.81. The highest BCUT2D eigenvalue weighted by molar-refractivity contribution is 7.80. The smallest absolute Gasteiger partial charge is 0.171 e. The van der Waals surface area contributed by atoms with Crippen LogP contribution in [0.25, 0.3) is 0 Å². The van der Waals surface area contributed by atoms with Crippen LogP contribution in [0.3, 0.4) is 0 Å². The number of anilines is 1. The first-order chi connectivity index (χ1) is 11.7. The van der Waals surface area contributed by atoms with E-state index < -0.39 is 0 Å². The second kappa shape index (κ2) is 7.53. The number of thiocarbonyl (C=S) groups is 1. The number of fused-ring (bicyclic) bond motifs is 1. The van der Waals surface area contributed by atoms with Gasteiger partial charge in [-0.1, -0.05) is 24.3 Å². The fraction of sp³-hybridized carbons (Fsp3) is 0.316. The zero-order valence-electron chi connectivity index (χ0n) is 14.0. The van der Waals surface area contributed by atoms with E-state index in [0.29, 0.717) is 16.6 Å². The summed E-state index contributed by atoms with van der Waals surface area (Å²) in [4.78, 5) is 0. The lowest BCUT2D eigenvalue weighted by molar-refractivity contribution is 0.355. The molecule has 0 bridgehead atoms. The standard InChI is InChI=1S/C19H22N2O2S/c1-22-17-11-10-14(12-18(17)23-2)20-19(24)21-16-9-5-7-13-6-3-4-8-15(13)16/h3-4,6,8,10-12,16H,5,7,9H2,1-2H3,(H2,20,21,24)/t16-/m1/s1. The largest absolute Gasteiger partial charge is 0.493 e. The van der Waals surface area contributed by atoms with Crippen LogP contribution in [-0.2, 0) is 6.42 Å². The molecule has 0 fully saturated rings. The zero-order chi connectivity index (χ0) is 16.9. The highest BCUT2D eigenvalue weighted by Gasteiger charge is 2.20. The van der Waals surface area contributed by atoms with Gasteiger partial charge in [0.05, 0.1) is 20.3 Å². The Labute approximate surface area is 148 Å². The van der Waals surface area contributed by atoms with Crippen LogP contribution >= 0.6 is 12.2 Å². The molecular formula is C19H22N2O2S. The van der Waals surface area contributed by atoms with Gasteiger partial charge < -0.3 is 20.1 Å². The molecule has 0 saturated carbocycles. The maximum atomic E-state index is 5.49. The first-order valence-corrected chi connectivity index (χ1v) is 8.49. The number of ether oxygens (including phenoxy) is 2. The molecule has 0 heterocycles. The van der Waals surface area contributed by atoms with Gasteiger partial charge in [0.25, 0.3) is 0 Å². The van der Waals surface area contributed by atoms with E-state index in [2.05, 4.69) is 34.9 Å². The van der Waals surface area contributed by atoms with Crippen LogP contribution in [0, 0.1) is 0 Å². The molecule has 126 valence electrons. The van der Waals surface area contributed by atoms with Gasteiger partial charge in [-0.2, -0.15) is 0 Å². The second-order valence-corrected chi connectivity index (χ2v) is 6.22. The molecule has 2 N–H and O–H groups in total. The van der Waals surface area contributed by atoms with Crippen molar-refractivity contribution in [1.29, 1.82) is 0 Å². The van der Waals surface area contributed by atoms with E-state index in [1.807, 2.05) is 18.2 Å². The normalized spacial score (nSPS) is 16.0. The van der Waals surface area contributed by atoms with Crippen LogP contribution in [0.4, 0.5) is 5.69 Å². The van der Waals surface area contributed by atoms with Gasteiger partial charge in [0.1, 0.15) is 0 Å².